The van der Waals surface area contributed by atoms with E-state index in [1.54, 1.807) is 4.90 Å². The Bertz CT molecular complexity index is 1470. The minimum atomic E-state index is -0.0676. The number of carbonyl (C=O) groups is 1. The van der Waals surface area contributed by atoms with Crippen molar-refractivity contribution >= 4 is 28.6 Å². The van der Waals surface area contributed by atoms with E-state index >= 15 is 0 Å². The zero-order chi connectivity index (χ0) is 27.5. The largest absolute Gasteiger partial charge is 0.284 e. The lowest BCUT2D eigenvalue weighted by molar-refractivity contribution is -0.646. The quantitative estimate of drug-likeness (QED) is 0.199. The second-order valence-corrected chi connectivity index (χ2v) is 11.9. The van der Waals surface area contributed by atoms with Gasteiger partial charge in [-0.2, -0.15) is 4.57 Å². The van der Waals surface area contributed by atoms with Gasteiger partial charge in [-0.3, -0.25) is 9.69 Å². The fourth-order valence-electron chi connectivity index (χ4n) is 4.43. The van der Waals surface area contributed by atoms with Gasteiger partial charge in [0.25, 0.3) is 5.91 Å². The molecule has 4 rings (SSSR count). The van der Waals surface area contributed by atoms with E-state index in [0.29, 0.717) is 5.56 Å². The summed E-state index contributed by atoms with van der Waals surface area (Å²) >= 11 is 0. The number of nitrogens with zero attached hydrogens (tertiary/aromatic N) is 2. The molecule has 3 aromatic carbocycles. The number of carbonyl (C=O) groups excluding carboxylic acids is 1. The first-order valence-electron chi connectivity index (χ1n) is 13.2. The molecule has 0 bridgehead atoms. The van der Waals surface area contributed by atoms with Crippen LogP contribution in [0.2, 0.25) is 0 Å². The number of para-hydroxylation sites is 2. The second-order valence-electron chi connectivity index (χ2n) is 11.9. The van der Waals surface area contributed by atoms with Crippen LogP contribution in [0.4, 0.5) is 5.69 Å². The molecule has 0 N–H and O–H groups in total. The molecule has 0 atom stereocenters. The lowest BCUT2D eigenvalue weighted by Crippen LogP contribution is -2.32. The van der Waals surface area contributed by atoms with Crippen LogP contribution in [0.25, 0.3) is 17.0 Å². The number of pyridine rings is 1. The van der Waals surface area contributed by atoms with E-state index in [9.17, 15) is 4.79 Å². The van der Waals surface area contributed by atoms with E-state index in [1.165, 1.54) is 10.9 Å². The van der Waals surface area contributed by atoms with E-state index in [2.05, 4.69) is 102 Å². The van der Waals surface area contributed by atoms with Crippen LogP contribution in [0.1, 0.15) is 68.7 Å². The predicted octanol–water partition coefficient (Wildman–Crippen LogP) is 8.13. The zero-order valence-corrected chi connectivity index (χ0v) is 23.7. The molecule has 38 heavy (non-hydrogen) atoms. The van der Waals surface area contributed by atoms with Crippen LogP contribution in [0, 0.1) is 0 Å². The number of aryl methyl sites for hydroxylation is 1. The van der Waals surface area contributed by atoms with Crippen molar-refractivity contribution in [1.82, 2.24) is 0 Å². The molecule has 194 valence electrons. The maximum Gasteiger partial charge on any atom is 0.262 e. The van der Waals surface area contributed by atoms with Crippen LogP contribution in [-0.4, -0.2) is 5.91 Å². The van der Waals surface area contributed by atoms with Gasteiger partial charge >= 0.3 is 0 Å². The van der Waals surface area contributed by atoms with Gasteiger partial charge in [-0.1, -0.05) is 84.0 Å². The minimum absolute atomic E-state index is 0.0475. The van der Waals surface area contributed by atoms with E-state index in [0.717, 1.165) is 22.5 Å². The number of hydrogen-bond acceptors (Lipinski definition) is 1. The van der Waals surface area contributed by atoms with Crippen LogP contribution in [0.5, 0.6) is 0 Å². The average Bonchev–Trinajstić information content (AvgIpc) is 2.89. The van der Waals surface area contributed by atoms with Crippen molar-refractivity contribution in [3.05, 3.63) is 126 Å². The molecule has 0 aliphatic rings. The maximum absolute atomic E-state index is 14.0. The summed E-state index contributed by atoms with van der Waals surface area (Å²) in [6.07, 6.45) is 7.84. The summed E-state index contributed by atoms with van der Waals surface area (Å²) in [5.41, 5.74) is 5.97. The van der Waals surface area contributed by atoms with Crippen molar-refractivity contribution in [1.29, 1.82) is 0 Å². The highest BCUT2D eigenvalue weighted by Gasteiger charge is 2.24. The summed E-state index contributed by atoms with van der Waals surface area (Å²) < 4.78 is 2.17. The molecule has 3 heteroatoms. The number of fused-ring (bicyclic) bond motifs is 1. The Morgan fingerprint density at radius 2 is 1.34 bits per heavy atom. The number of aromatic nitrogens is 1. The molecule has 0 unspecified atom stereocenters. The van der Waals surface area contributed by atoms with Crippen molar-refractivity contribution in [2.45, 2.75) is 52.4 Å². The second kappa shape index (κ2) is 10.8. The maximum atomic E-state index is 14.0. The number of amides is 1. The molecule has 1 amide bonds. The highest BCUT2D eigenvalue weighted by Crippen LogP contribution is 2.31. The number of allylic oxidation sites excluding steroid dienone is 2. The fourth-order valence-corrected chi connectivity index (χ4v) is 4.43. The molecular weight excluding hydrogens is 464 g/mol. The number of rotatable bonds is 5. The van der Waals surface area contributed by atoms with Gasteiger partial charge in [-0.25, -0.2) is 0 Å². The number of hydrogen-bond donors (Lipinski definition) is 0. The van der Waals surface area contributed by atoms with E-state index in [4.69, 9.17) is 0 Å². The van der Waals surface area contributed by atoms with Crippen molar-refractivity contribution in [2.24, 2.45) is 7.05 Å². The van der Waals surface area contributed by atoms with Crippen LogP contribution < -0.4 is 9.47 Å². The predicted molar refractivity (Wildman–Crippen MR) is 160 cm³/mol. The summed E-state index contributed by atoms with van der Waals surface area (Å²) in [5, 5.41) is 1.20. The average molecular weight is 504 g/mol. The van der Waals surface area contributed by atoms with Crippen LogP contribution in [0.15, 0.2) is 103 Å². The van der Waals surface area contributed by atoms with E-state index in [-0.39, 0.29) is 16.7 Å². The topological polar surface area (TPSA) is 24.2 Å². The Kier molecular flexibility index (Phi) is 7.68. The Morgan fingerprint density at radius 3 is 1.97 bits per heavy atom. The monoisotopic (exact) mass is 503 g/mol. The smallest absolute Gasteiger partial charge is 0.262 e. The molecule has 0 aliphatic carbocycles. The van der Waals surface area contributed by atoms with Crippen molar-refractivity contribution in [3.8, 4) is 0 Å². The first kappa shape index (κ1) is 27.1. The molecule has 0 spiro atoms. The molecule has 4 aromatic rings. The van der Waals surface area contributed by atoms with Gasteiger partial charge in [-0.05, 0) is 64.4 Å². The first-order valence-corrected chi connectivity index (χ1v) is 13.2. The van der Waals surface area contributed by atoms with Gasteiger partial charge in [0.05, 0.1) is 0 Å². The molecule has 1 aromatic heterocycles. The van der Waals surface area contributed by atoms with Gasteiger partial charge in [0.1, 0.15) is 7.05 Å². The summed E-state index contributed by atoms with van der Waals surface area (Å²) in [6.45, 7) is 13.1. The fraction of sp³-hybridized carbons (Fsp3) is 0.257. The summed E-state index contributed by atoms with van der Waals surface area (Å²) in [6, 6.07) is 28.7. The third-order valence-electron chi connectivity index (χ3n) is 6.90. The van der Waals surface area contributed by atoms with Gasteiger partial charge < -0.3 is 0 Å². The molecule has 1 heterocycles. The summed E-state index contributed by atoms with van der Waals surface area (Å²) in [4.78, 5) is 15.7. The zero-order valence-electron chi connectivity index (χ0n) is 23.7. The van der Waals surface area contributed by atoms with Crippen molar-refractivity contribution < 1.29 is 9.36 Å². The molecule has 0 saturated heterocycles. The third kappa shape index (κ3) is 6.11. The summed E-state index contributed by atoms with van der Waals surface area (Å²) in [7, 11) is 2.07. The highest BCUT2D eigenvalue weighted by molar-refractivity contribution is 6.07. The van der Waals surface area contributed by atoms with Gasteiger partial charge in [0, 0.05) is 41.0 Å². The van der Waals surface area contributed by atoms with Gasteiger partial charge in [0.15, 0.2) is 0 Å². The molecule has 3 nitrogen and oxygen atoms in total. The standard InChI is InChI=1S/C35H39N2O/c1-34(2,3)28-23-27(24-29(25-28)35(4,5)6)33(38)37(31-17-9-8-10-18-31)22-14-13-16-30-21-20-26-15-11-12-19-32(26)36(30)7/h8-25H,1-7H3/q+1. The minimum Gasteiger partial charge on any atom is -0.284 e. The number of anilines is 1. The molecule has 0 radical (unpaired) electrons. The molecular formula is C35H39N2O+. The summed E-state index contributed by atoms with van der Waals surface area (Å²) in [5.74, 6) is -0.0475. The van der Waals surface area contributed by atoms with E-state index in [1.807, 2.05) is 60.8 Å². The van der Waals surface area contributed by atoms with Gasteiger partial charge in [-0.15, -0.1) is 0 Å². The van der Waals surface area contributed by atoms with Crippen molar-refractivity contribution in [3.63, 3.8) is 0 Å². The third-order valence-corrected chi connectivity index (χ3v) is 6.90. The molecule has 0 fully saturated rings. The van der Waals surface area contributed by atoms with Crippen LogP contribution >= 0.6 is 0 Å². The highest BCUT2D eigenvalue weighted by atomic mass is 16.2. The SMILES string of the molecule is C[n+]1c(/C=C/C=C/N(C(=O)c2cc(C(C)(C)C)cc(C(C)(C)C)c2)c2ccccc2)ccc2ccccc21. The van der Waals surface area contributed by atoms with Gasteiger partial charge in [0.2, 0.25) is 11.2 Å². The molecule has 0 saturated carbocycles. The Morgan fingerprint density at radius 1 is 0.737 bits per heavy atom. The Hall–Kier alpha value is -3.98. The van der Waals surface area contributed by atoms with Crippen molar-refractivity contribution in [2.75, 3.05) is 4.90 Å². The molecule has 0 aliphatic heterocycles. The first-order chi connectivity index (χ1) is 17.9. The normalized spacial score (nSPS) is 12.5. The number of benzene rings is 3. The lowest BCUT2D eigenvalue weighted by Gasteiger charge is -2.27. The Labute approximate surface area is 227 Å². The van der Waals surface area contributed by atoms with Crippen LogP contribution in [-0.2, 0) is 17.9 Å². The van der Waals surface area contributed by atoms with E-state index < -0.39 is 0 Å². The Balaban J connectivity index is 1.70. The van der Waals surface area contributed by atoms with Crippen LogP contribution in [0.3, 0.4) is 0 Å². The lowest BCUT2D eigenvalue weighted by atomic mass is 9.79.